The number of nitrogens with zero attached hydrogens (tertiary/aromatic N) is 2. The molecule has 0 aliphatic heterocycles. The van der Waals surface area contributed by atoms with Gasteiger partial charge in [0.05, 0.1) is 0 Å². The topological polar surface area (TPSA) is 60.2 Å². The van der Waals surface area contributed by atoms with Crippen molar-refractivity contribution in [2.45, 2.75) is 6.61 Å². The third-order valence-corrected chi connectivity index (χ3v) is 1.91. The molecule has 1 aromatic heterocycles. The summed E-state index contributed by atoms with van der Waals surface area (Å²) in [5, 5.41) is 6.51. The zero-order valence-electron chi connectivity index (χ0n) is 8.30. The maximum atomic E-state index is 5.43. The molecule has 0 saturated heterocycles. The van der Waals surface area contributed by atoms with Crippen LogP contribution in [0.1, 0.15) is 5.89 Å². The van der Waals surface area contributed by atoms with E-state index < -0.39 is 0 Å². The molecule has 0 fully saturated rings. The highest BCUT2D eigenvalue weighted by molar-refractivity contribution is 5.45. The molecule has 1 N–H and O–H groups in total. The second-order valence-electron chi connectivity index (χ2n) is 2.90. The lowest BCUT2D eigenvalue weighted by Crippen LogP contribution is -1.95. The van der Waals surface area contributed by atoms with Gasteiger partial charge in [0.2, 0.25) is 0 Å². The summed E-state index contributed by atoms with van der Waals surface area (Å²) < 4.78 is 10.2. The van der Waals surface area contributed by atoms with E-state index in [1.54, 1.807) is 0 Å². The molecule has 1 aromatic carbocycles. The van der Waals surface area contributed by atoms with Gasteiger partial charge in [-0.1, -0.05) is 5.16 Å². The van der Waals surface area contributed by atoms with Gasteiger partial charge in [-0.3, -0.25) is 0 Å². The van der Waals surface area contributed by atoms with E-state index in [4.69, 9.17) is 9.26 Å². The molecule has 0 aliphatic carbocycles. The first-order valence-electron chi connectivity index (χ1n) is 4.54. The van der Waals surface area contributed by atoms with Crippen molar-refractivity contribution in [2.75, 3.05) is 12.4 Å². The van der Waals surface area contributed by atoms with Crippen LogP contribution in [0.3, 0.4) is 0 Å². The molecule has 1 heterocycles. The van der Waals surface area contributed by atoms with Crippen LogP contribution in [0, 0.1) is 0 Å². The molecule has 0 atom stereocenters. The highest BCUT2D eigenvalue weighted by Crippen LogP contribution is 2.15. The summed E-state index contributed by atoms with van der Waals surface area (Å²) in [4.78, 5) is 3.85. The lowest BCUT2D eigenvalue weighted by molar-refractivity contribution is 0.243. The average Bonchev–Trinajstić information content (AvgIpc) is 2.80. The van der Waals surface area contributed by atoms with Crippen molar-refractivity contribution in [1.29, 1.82) is 0 Å². The van der Waals surface area contributed by atoms with Crippen molar-refractivity contribution in [3.8, 4) is 5.75 Å². The molecule has 0 radical (unpaired) electrons. The Morgan fingerprint density at radius 3 is 2.73 bits per heavy atom. The lowest BCUT2D eigenvalue weighted by Gasteiger charge is -2.04. The Hall–Kier alpha value is -2.04. The molecule has 78 valence electrons. The van der Waals surface area contributed by atoms with Gasteiger partial charge >= 0.3 is 0 Å². The van der Waals surface area contributed by atoms with E-state index in [1.807, 2.05) is 31.3 Å². The maximum absolute atomic E-state index is 5.43. The summed E-state index contributed by atoms with van der Waals surface area (Å²) in [6.45, 7) is 0.291. The van der Waals surface area contributed by atoms with Gasteiger partial charge in [0, 0.05) is 12.7 Å². The Balaban J connectivity index is 1.93. The fourth-order valence-corrected chi connectivity index (χ4v) is 1.12. The van der Waals surface area contributed by atoms with Crippen LogP contribution < -0.4 is 10.1 Å². The largest absolute Gasteiger partial charge is 0.484 e. The minimum Gasteiger partial charge on any atom is -0.484 e. The highest BCUT2D eigenvalue weighted by atomic mass is 16.5. The molecule has 2 rings (SSSR count). The lowest BCUT2D eigenvalue weighted by atomic mass is 10.3. The first-order valence-corrected chi connectivity index (χ1v) is 4.54. The number of aromatic nitrogens is 2. The first kappa shape index (κ1) is 9.51. The zero-order chi connectivity index (χ0) is 10.5. The summed E-state index contributed by atoms with van der Waals surface area (Å²) in [5.74, 6) is 1.24. The molecule has 5 nitrogen and oxygen atoms in total. The van der Waals surface area contributed by atoms with Gasteiger partial charge in [0.15, 0.2) is 12.9 Å². The van der Waals surface area contributed by atoms with E-state index >= 15 is 0 Å². The van der Waals surface area contributed by atoms with Crippen LogP contribution in [0.25, 0.3) is 0 Å². The van der Waals surface area contributed by atoms with Gasteiger partial charge in [0.1, 0.15) is 5.75 Å². The van der Waals surface area contributed by atoms with E-state index in [0.29, 0.717) is 12.5 Å². The third-order valence-electron chi connectivity index (χ3n) is 1.91. The molecule has 0 saturated carbocycles. The standard InChI is InChI=1S/C10H11N3O2/c1-11-8-2-4-9(5-3-8)14-6-10-12-7-13-15-10/h2-5,7,11H,6H2,1H3. The summed E-state index contributed by atoms with van der Waals surface area (Å²) >= 11 is 0. The Morgan fingerprint density at radius 2 is 2.13 bits per heavy atom. The van der Waals surface area contributed by atoms with Gasteiger partial charge < -0.3 is 14.6 Å². The number of hydrogen-bond acceptors (Lipinski definition) is 5. The van der Waals surface area contributed by atoms with Gasteiger partial charge in [-0.05, 0) is 24.3 Å². The van der Waals surface area contributed by atoms with Crippen molar-refractivity contribution in [3.63, 3.8) is 0 Å². The van der Waals surface area contributed by atoms with Crippen molar-refractivity contribution in [3.05, 3.63) is 36.5 Å². The molecule has 0 amide bonds. The molecule has 15 heavy (non-hydrogen) atoms. The van der Waals surface area contributed by atoms with Gasteiger partial charge in [-0.25, -0.2) is 0 Å². The minimum atomic E-state index is 0.291. The fraction of sp³-hybridized carbons (Fsp3) is 0.200. The van der Waals surface area contributed by atoms with E-state index in [-0.39, 0.29) is 0 Å². The molecule has 0 bridgehead atoms. The van der Waals surface area contributed by atoms with Gasteiger partial charge in [0.25, 0.3) is 5.89 Å². The predicted octanol–water partition coefficient (Wildman–Crippen LogP) is 1.69. The Labute approximate surface area is 87.1 Å². The summed E-state index contributed by atoms with van der Waals surface area (Å²) in [6.07, 6.45) is 1.35. The SMILES string of the molecule is CNc1ccc(OCc2ncno2)cc1. The third kappa shape index (κ3) is 2.46. The monoisotopic (exact) mass is 205 g/mol. The summed E-state index contributed by atoms with van der Waals surface area (Å²) in [7, 11) is 1.87. The Morgan fingerprint density at radius 1 is 1.33 bits per heavy atom. The molecule has 0 spiro atoms. The molecule has 5 heteroatoms. The second-order valence-corrected chi connectivity index (χ2v) is 2.90. The number of nitrogens with one attached hydrogen (secondary N) is 1. The summed E-state index contributed by atoms with van der Waals surface area (Å²) in [6, 6.07) is 7.62. The van der Waals surface area contributed by atoms with Crippen LogP contribution in [0.2, 0.25) is 0 Å². The molecule has 0 unspecified atom stereocenters. The predicted molar refractivity (Wildman–Crippen MR) is 54.6 cm³/mol. The first-order chi connectivity index (χ1) is 7.38. The molecular weight excluding hydrogens is 194 g/mol. The Bertz CT molecular complexity index is 397. The summed E-state index contributed by atoms with van der Waals surface area (Å²) in [5.41, 5.74) is 1.04. The van der Waals surface area contributed by atoms with Crippen LogP contribution in [-0.2, 0) is 6.61 Å². The number of benzene rings is 1. The molecule has 2 aromatic rings. The van der Waals surface area contributed by atoms with Crippen molar-refractivity contribution in [2.24, 2.45) is 0 Å². The van der Waals surface area contributed by atoms with Gasteiger partial charge in [-0.15, -0.1) is 0 Å². The van der Waals surface area contributed by atoms with E-state index in [9.17, 15) is 0 Å². The van der Waals surface area contributed by atoms with Crippen LogP contribution >= 0.6 is 0 Å². The zero-order valence-corrected chi connectivity index (χ0v) is 8.30. The number of hydrogen-bond donors (Lipinski definition) is 1. The molecular formula is C10H11N3O2. The van der Waals surface area contributed by atoms with E-state index in [2.05, 4.69) is 15.5 Å². The smallest absolute Gasteiger partial charge is 0.264 e. The number of anilines is 1. The number of ether oxygens (including phenoxy) is 1. The van der Waals surface area contributed by atoms with Crippen LogP contribution in [0.4, 0.5) is 5.69 Å². The maximum Gasteiger partial charge on any atom is 0.264 e. The van der Waals surface area contributed by atoms with Crippen LogP contribution in [0.5, 0.6) is 5.75 Å². The van der Waals surface area contributed by atoms with E-state index in [0.717, 1.165) is 11.4 Å². The Kier molecular flexibility index (Phi) is 2.82. The fourth-order valence-electron chi connectivity index (χ4n) is 1.12. The van der Waals surface area contributed by atoms with E-state index in [1.165, 1.54) is 6.33 Å². The second kappa shape index (κ2) is 4.45. The van der Waals surface area contributed by atoms with Crippen molar-refractivity contribution in [1.82, 2.24) is 10.1 Å². The van der Waals surface area contributed by atoms with Crippen molar-refractivity contribution < 1.29 is 9.26 Å². The van der Waals surface area contributed by atoms with Crippen LogP contribution in [-0.4, -0.2) is 17.2 Å². The average molecular weight is 205 g/mol. The number of rotatable bonds is 4. The van der Waals surface area contributed by atoms with Crippen LogP contribution in [0.15, 0.2) is 35.1 Å². The van der Waals surface area contributed by atoms with Crippen molar-refractivity contribution >= 4 is 5.69 Å². The van der Waals surface area contributed by atoms with Gasteiger partial charge in [-0.2, -0.15) is 4.98 Å². The minimum absolute atomic E-state index is 0.291. The molecule has 0 aliphatic rings. The highest BCUT2D eigenvalue weighted by Gasteiger charge is 2.00. The normalized spacial score (nSPS) is 9.93. The quantitative estimate of drug-likeness (QED) is 0.823.